The molecule has 110 valence electrons. The molecule has 0 saturated heterocycles. The highest BCUT2D eigenvalue weighted by atomic mass is 79.9. The molecule has 2 aromatic rings. The fraction of sp³-hybridized carbons (Fsp3) is 0.200. The molecule has 3 rings (SSSR count). The molecule has 2 N–H and O–H groups in total. The second kappa shape index (κ2) is 6.07. The van der Waals surface area contributed by atoms with Gasteiger partial charge in [0, 0.05) is 21.1 Å². The summed E-state index contributed by atoms with van der Waals surface area (Å²) in [4.78, 5) is 0.763. The summed E-state index contributed by atoms with van der Waals surface area (Å²) in [6.45, 7) is 1.04. The van der Waals surface area contributed by atoms with Crippen molar-refractivity contribution >= 4 is 32.4 Å². The van der Waals surface area contributed by atoms with Gasteiger partial charge in [-0.05, 0) is 29.8 Å². The van der Waals surface area contributed by atoms with E-state index < -0.39 is 10.8 Å². The average Bonchev–Trinajstić information content (AvgIpc) is 2.48. The first-order valence-electron chi connectivity index (χ1n) is 6.45. The predicted molar refractivity (Wildman–Crippen MR) is 86.1 cm³/mol. The summed E-state index contributed by atoms with van der Waals surface area (Å²) in [7, 11) is -1.16. The van der Waals surface area contributed by atoms with Gasteiger partial charge in [-0.1, -0.05) is 22.0 Å². The quantitative estimate of drug-likeness (QED) is 0.846. The Morgan fingerprint density at radius 3 is 2.57 bits per heavy atom. The van der Waals surface area contributed by atoms with Crippen LogP contribution in [-0.4, -0.2) is 17.4 Å². The minimum Gasteiger partial charge on any atom is -0.486 e. The summed E-state index contributed by atoms with van der Waals surface area (Å²) in [6, 6.07) is 11.0. The van der Waals surface area contributed by atoms with Crippen LogP contribution in [0.3, 0.4) is 0 Å². The second-order valence-corrected chi connectivity index (χ2v) is 7.01. The first-order valence-corrected chi connectivity index (χ1v) is 8.56. The summed E-state index contributed by atoms with van der Waals surface area (Å²) in [5.74, 6) is 1.66. The molecule has 0 amide bonds. The highest BCUT2D eigenvalue weighted by Crippen LogP contribution is 2.35. The lowest BCUT2D eigenvalue weighted by atomic mass is 10.2. The molecule has 0 bridgehead atoms. The Morgan fingerprint density at radius 2 is 1.86 bits per heavy atom. The third-order valence-electron chi connectivity index (χ3n) is 3.15. The largest absolute Gasteiger partial charge is 0.486 e. The molecule has 2 aromatic carbocycles. The number of fused-ring (bicyclic) bond motifs is 1. The maximum atomic E-state index is 12.4. The summed E-state index contributed by atoms with van der Waals surface area (Å²) in [6.07, 6.45) is 0. The van der Waals surface area contributed by atoms with Crippen molar-refractivity contribution < 1.29 is 13.7 Å². The van der Waals surface area contributed by atoms with Crippen molar-refractivity contribution in [1.82, 2.24) is 0 Å². The number of nitrogens with two attached hydrogens (primary N) is 1. The van der Waals surface area contributed by atoms with Gasteiger partial charge in [0.2, 0.25) is 0 Å². The van der Waals surface area contributed by atoms with Gasteiger partial charge in [0.25, 0.3) is 0 Å². The summed E-state index contributed by atoms with van der Waals surface area (Å²) < 4.78 is 24.4. The number of anilines is 1. The predicted octanol–water partition coefficient (Wildman–Crippen LogP) is 3.11. The van der Waals surface area contributed by atoms with E-state index in [0.29, 0.717) is 36.2 Å². The van der Waals surface area contributed by atoms with Crippen LogP contribution >= 0.6 is 15.9 Å². The number of hydrogen-bond acceptors (Lipinski definition) is 4. The number of ether oxygens (including phenoxy) is 2. The van der Waals surface area contributed by atoms with Gasteiger partial charge >= 0.3 is 0 Å². The molecule has 1 unspecified atom stereocenters. The average molecular weight is 368 g/mol. The van der Waals surface area contributed by atoms with Gasteiger partial charge in [0.1, 0.15) is 13.2 Å². The monoisotopic (exact) mass is 367 g/mol. The molecule has 21 heavy (non-hydrogen) atoms. The molecule has 0 aromatic heterocycles. The molecule has 6 heteroatoms. The standard InChI is InChI=1S/C15H14BrNO3S/c16-11-2-1-3-12(7-11)21(18)9-10-6-14-15(8-13(10)17)20-5-4-19-14/h1-3,6-8H,4-5,9,17H2. The van der Waals surface area contributed by atoms with E-state index in [1.165, 1.54) is 0 Å². The molecular formula is C15H14BrNO3S. The van der Waals surface area contributed by atoms with Crippen LogP contribution in [0.2, 0.25) is 0 Å². The molecule has 1 aliphatic heterocycles. The normalized spacial score (nSPS) is 14.7. The summed E-state index contributed by atoms with van der Waals surface area (Å²) >= 11 is 3.38. The molecule has 0 spiro atoms. The number of rotatable bonds is 3. The lowest BCUT2D eigenvalue weighted by Gasteiger charge is -2.20. The Hall–Kier alpha value is -1.53. The highest BCUT2D eigenvalue weighted by molar-refractivity contribution is 9.10. The Morgan fingerprint density at radius 1 is 1.14 bits per heavy atom. The van der Waals surface area contributed by atoms with Crippen molar-refractivity contribution in [3.8, 4) is 11.5 Å². The number of nitrogen functional groups attached to an aromatic ring is 1. The molecular weight excluding hydrogens is 354 g/mol. The van der Waals surface area contributed by atoms with Crippen molar-refractivity contribution in [3.63, 3.8) is 0 Å². The van der Waals surface area contributed by atoms with Crippen molar-refractivity contribution in [2.24, 2.45) is 0 Å². The Kier molecular flexibility index (Phi) is 4.17. The van der Waals surface area contributed by atoms with E-state index in [4.69, 9.17) is 15.2 Å². The zero-order chi connectivity index (χ0) is 14.8. The van der Waals surface area contributed by atoms with Gasteiger partial charge in [-0.2, -0.15) is 0 Å². The Bertz CT molecular complexity index is 705. The zero-order valence-electron chi connectivity index (χ0n) is 11.2. The van der Waals surface area contributed by atoms with Crippen LogP contribution in [0, 0.1) is 0 Å². The summed E-state index contributed by atoms with van der Waals surface area (Å²) in [5, 5.41) is 0. The lowest BCUT2D eigenvalue weighted by molar-refractivity contribution is 0.171. The topological polar surface area (TPSA) is 61.6 Å². The van der Waals surface area contributed by atoms with E-state index in [1.54, 1.807) is 6.07 Å². The van der Waals surface area contributed by atoms with Gasteiger partial charge in [-0.15, -0.1) is 0 Å². The van der Waals surface area contributed by atoms with E-state index in [1.807, 2.05) is 30.3 Å². The third-order valence-corrected chi connectivity index (χ3v) is 5.00. The number of halogens is 1. The molecule has 4 nitrogen and oxygen atoms in total. The summed E-state index contributed by atoms with van der Waals surface area (Å²) in [5.41, 5.74) is 7.40. The fourth-order valence-electron chi connectivity index (χ4n) is 2.10. The second-order valence-electron chi connectivity index (χ2n) is 4.64. The van der Waals surface area contributed by atoms with Gasteiger partial charge in [0.05, 0.1) is 16.6 Å². The SMILES string of the molecule is Nc1cc2c(cc1CS(=O)c1cccc(Br)c1)OCCO2. The fourth-order valence-corrected chi connectivity index (χ4v) is 3.84. The third kappa shape index (κ3) is 3.22. The van der Waals surface area contributed by atoms with Crippen molar-refractivity contribution in [3.05, 3.63) is 46.4 Å². The minimum absolute atomic E-state index is 0.346. The maximum Gasteiger partial charge on any atom is 0.163 e. The van der Waals surface area contributed by atoms with Gasteiger partial charge in [-0.3, -0.25) is 4.21 Å². The van der Waals surface area contributed by atoms with Gasteiger partial charge in [0.15, 0.2) is 11.5 Å². The van der Waals surface area contributed by atoms with Gasteiger partial charge in [-0.25, -0.2) is 0 Å². The maximum absolute atomic E-state index is 12.4. The van der Waals surface area contributed by atoms with Crippen LogP contribution in [0.5, 0.6) is 11.5 Å². The van der Waals surface area contributed by atoms with Crippen molar-refractivity contribution in [1.29, 1.82) is 0 Å². The zero-order valence-corrected chi connectivity index (χ0v) is 13.6. The number of benzene rings is 2. The first-order chi connectivity index (χ1) is 10.1. The van der Waals surface area contributed by atoms with E-state index in [2.05, 4.69) is 15.9 Å². The molecule has 0 fully saturated rings. The van der Waals surface area contributed by atoms with Crippen LogP contribution in [0.1, 0.15) is 5.56 Å². The van der Waals surface area contributed by atoms with Crippen LogP contribution in [0.15, 0.2) is 45.8 Å². The highest BCUT2D eigenvalue weighted by Gasteiger charge is 2.16. The Labute approximate surface area is 133 Å². The molecule has 0 aliphatic carbocycles. The van der Waals surface area contributed by atoms with Crippen molar-refractivity contribution in [2.45, 2.75) is 10.6 Å². The first kappa shape index (κ1) is 14.4. The minimum atomic E-state index is -1.16. The smallest absolute Gasteiger partial charge is 0.163 e. The molecule has 0 radical (unpaired) electrons. The van der Waals surface area contributed by atoms with Crippen LogP contribution < -0.4 is 15.2 Å². The van der Waals surface area contributed by atoms with Crippen molar-refractivity contribution in [2.75, 3.05) is 18.9 Å². The molecule has 1 aliphatic rings. The van der Waals surface area contributed by atoms with E-state index in [-0.39, 0.29) is 0 Å². The van der Waals surface area contributed by atoms with Crippen LogP contribution in [0.25, 0.3) is 0 Å². The van der Waals surface area contributed by atoms with E-state index in [9.17, 15) is 4.21 Å². The molecule has 0 saturated carbocycles. The molecule has 1 heterocycles. The van der Waals surface area contributed by atoms with Crippen LogP contribution in [-0.2, 0) is 16.6 Å². The van der Waals surface area contributed by atoms with Crippen LogP contribution in [0.4, 0.5) is 5.69 Å². The molecule has 1 atom stereocenters. The lowest BCUT2D eigenvalue weighted by Crippen LogP contribution is -2.16. The van der Waals surface area contributed by atoms with E-state index in [0.717, 1.165) is 14.9 Å². The van der Waals surface area contributed by atoms with E-state index >= 15 is 0 Å². The van der Waals surface area contributed by atoms with Gasteiger partial charge < -0.3 is 15.2 Å². The number of hydrogen-bond donors (Lipinski definition) is 1. The Balaban J connectivity index is 1.86.